The lowest BCUT2D eigenvalue weighted by Gasteiger charge is -2.38. The van der Waals surface area contributed by atoms with E-state index in [1.807, 2.05) is 6.20 Å². The average Bonchev–Trinajstić information content (AvgIpc) is 3.08. The van der Waals surface area contributed by atoms with Crippen molar-refractivity contribution in [2.75, 3.05) is 52.9 Å². The van der Waals surface area contributed by atoms with Crippen molar-refractivity contribution in [1.82, 2.24) is 24.9 Å². The van der Waals surface area contributed by atoms with Gasteiger partial charge in [-0.2, -0.15) is 5.10 Å². The van der Waals surface area contributed by atoms with Crippen molar-refractivity contribution in [3.63, 3.8) is 0 Å². The summed E-state index contributed by atoms with van der Waals surface area (Å²) >= 11 is 0. The topological polar surface area (TPSA) is 55.5 Å². The lowest BCUT2D eigenvalue weighted by molar-refractivity contribution is -0.133. The van der Waals surface area contributed by atoms with E-state index in [4.69, 9.17) is 0 Å². The first-order valence-electron chi connectivity index (χ1n) is 8.87. The number of amides is 1. The standard InChI is InChI=1S/C17H29N5O/c1-20-7-9-21(10-8-20)13-16-3-2-6-22(14-16)17(23)5-4-15-11-18-19-12-15/h11-12,16H,2-10,13-14H2,1H3,(H,18,19)/t16-/m1/s1. The van der Waals surface area contributed by atoms with Gasteiger partial charge >= 0.3 is 0 Å². The average molecular weight is 319 g/mol. The minimum Gasteiger partial charge on any atom is -0.342 e. The fourth-order valence-electron chi connectivity index (χ4n) is 3.66. The maximum Gasteiger partial charge on any atom is 0.222 e. The quantitative estimate of drug-likeness (QED) is 0.873. The molecule has 2 saturated heterocycles. The predicted molar refractivity (Wildman–Crippen MR) is 90.1 cm³/mol. The zero-order valence-electron chi connectivity index (χ0n) is 14.2. The summed E-state index contributed by atoms with van der Waals surface area (Å²) in [6.07, 6.45) is 7.47. The minimum absolute atomic E-state index is 0.300. The van der Waals surface area contributed by atoms with Crippen molar-refractivity contribution in [1.29, 1.82) is 0 Å². The third-order valence-corrected chi connectivity index (χ3v) is 5.17. The molecular formula is C17H29N5O. The number of likely N-dealkylation sites (N-methyl/N-ethyl adjacent to an activating group) is 1. The smallest absolute Gasteiger partial charge is 0.222 e. The molecule has 6 heteroatoms. The molecule has 3 rings (SSSR count). The SMILES string of the molecule is CN1CCN(C[C@H]2CCCN(C(=O)CCc3cn[nH]c3)C2)CC1. The van der Waals surface area contributed by atoms with Crippen LogP contribution in [0.5, 0.6) is 0 Å². The van der Waals surface area contributed by atoms with E-state index in [1.165, 1.54) is 32.6 Å². The van der Waals surface area contributed by atoms with E-state index in [0.717, 1.165) is 38.0 Å². The van der Waals surface area contributed by atoms with E-state index in [1.54, 1.807) is 6.20 Å². The molecule has 2 fully saturated rings. The molecule has 1 aromatic heterocycles. The molecule has 0 radical (unpaired) electrons. The number of nitrogens with one attached hydrogen (secondary N) is 1. The summed E-state index contributed by atoms with van der Waals surface area (Å²) in [5.41, 5.74) is 1.12. The zero-order valence-corrected chi connectivity index (χ0v) is 14.2. The van der Waals surface area contributed by atoms with E-state index >= 15 is 0 Å². The second kappa shape index (κ2) is 7.93. The summed E-state index contributed by atoms with van der Waals surface area (Å²) in [6.45, 7) is 7.70. The monoisotopic (exact) mass is 319 g/mol. The summed E-state index contributed by atoms with van der Waals surface area (Å²) in [5.74, 6) is 0.944. The molecule has 0 spiro atoms. The van der Waals surface area contributed by atoms with Crippen LogP contribution in [0.4, 0.5) is 0 Å². The molecule has 1 aromatic rings. The van der Waals surface area contributed by atoms with Crippen LogP contribution in [0.15, 0.2) is 12.4 Å². The van der Waals surface area contributed by atoms with Gasteiger partial charge in [-0.05, 0) is 37.8 Å². The molecule has 1 atom stereocenters. The van der Waals surface area contributed by atoms with Gasteiger partial charge in [0.15, 0.2) is 0 Å². The summed E-state index contributed by atoms with van der Waals surface area (Å²) in [6, 6.07) is 0. The Morgan fingerprint density at radius 2 is 2.13 bits per heavy atom. The van der Waals surface area contributed by atoms with Crippen LogP contribution >= 0.6 is 0 Å². The molecule has 1 N–H and O–H groups in total. The highest BCUT2D eigenvalue weighted by Crippen LogP contribution is 2.19. The number of aromatic amines is 1. The Kier molecular flexibility index (Phi) is 5.67. The third kappa shape index (κ3) is 4.78. The molecular weight excluding hydrogens is 290 g/mol. The van der Waals surface area contributed by atoms with Crippen LogP contribution in [0, 0.1) is 5.92 Å². The fourth-order valence-corrected chi connectivity index (χ4v) is 3.66. The Hall–Kier alpha value is -1.40. The van der Waals surface area contributed by atoms with E-state index in [2.05, 4.69) is 31.9 Å². The van der Waals surface area contributed by atoms with Gasteiger partial charge in [-0.15, -0.1) is 0 Å². The Morgan fingerprint density at radius 3 is 2.87 bits per heavy atom. The van der Waals surface area contributed by atoms with Crippen molar-refractivity contribution in [2.45, 2.75) is 25.7 Å². The highest BCUT2D eigenvalue weighted by molar-refractivity contribution is 5.76. The van der Waals surface area contributed by atoms with Crippen LogP contribution in [0.2, 0.25) is 0 Å². The third-order valence-electron chi connectivity index (χ3n) is 5.17. The molecule has 2 aliphatic rings. The summed E-state index contributed by atoms with van der Waals surface area (Å²) in [5, 5.41) is 6.74. The number of carbonyl (C=O) groups is 1. The molecule has 0 saturated carbocycles. The molecule has 3 heterocycles. The van der Waals surface area contributed by atoms with E-state index in [-0.39, 0.29) is 0 Å². The van der Waals surface area contributed by atoms with Crippen molar-refractivity contribution in [3.05, 3.63) is 18.0 Å². The zero-order chi connectivity index (χ0) is 16.1. The Morgan fingerprint density at radius 1 is 1.30 bits per heavy atom. The number of carbonyl (C=O) groups excluding carboxylic acids is 1. The molecule has 6 nitrogen and oxygen atoms in total. The van der Waals surface area contributed by atoms with Crippen LogP contribution in [-0.2, 0) is 11.2 Å². The summed E-state index contributed by atoms with van der Waals surface area (Å²) in [7, 11) is 2.19. The fraction of sp³-hybridized carbons (Fsp3) is 0.765. The van der Waals surface area contributed by atoms with Crippen molar-refractivity contribution < 1.29 is 4.79 Å². The highest BCUT2D eigenvalue weighted by atomic mass is 16.2. The highest BCUT2D eigenvalue weighted by Gasteiger charge is 2.26. The number of hydrogen-bond donors (Lipinski definition) is 1. The second-order valence-corrected chi connectivity index (χ2v) is 7.06. The molecule has 23 heavy (non-hydrogen) atoms. The van der Waals surface area contributed by atoms with Crippen molar-refractivity contribution in [2.24, 2.45) is 5.92 Å². The normalized spacial score (nSPS) is 24.0. The molecule has 1 amide bonds. The van der Waals surface area contributed by atoms with Crippen LogP contribution < -0.4 is 0 Å². The largest absolute Gasteiger partial charge is 0.342 e. The number of piperazine rings is 1. The van der Waals surface area contributed by atoms with Gasteiger partial charge in [-0.3, -0.25) is 9.89 Å². The number of hydrogen-bond acceptors (Lipinski definition) is 4. The van der Waals surface area contributed by atoms with Crippen molar-refractivity contribution >= 4 is 5.91 Å². The Bertz CT molecular complexity index is 481. The minimum atomic E-state index is 0.300. The predicted octanol–water partition coefficient (Wildman–Crippen LogP) is 0.828. The van der Waals surface area contributed by atoms with Gasteiger partial charge < -0.3 is 14.7 Å². The van der Waals surface area contributed by atoms with Gasteiger partial charge in [-0.25, -0.2) is 0 Å². The summed E-state index contributed by atoms with van der Waals surface area (Å²) in [4.78, 5) is 19.5. The molecule has 128 valence electrons. The van der Waals surface area contributed by atoms with Gasteiger partial charge in [0.25, 0.3) is 0 Å². The van der Waals surface area contributed by atoms with Crippen molar-refractivity contribution in [3.8, 4) is 0 Å². The number of likely N-dealkylation sites (tertiary alicyclic amines) is 1. The van der Waals surface area contributed by atoms with Crippen LogP contribution in [0.3, 0.4) is 0 Å². The first kappa shape index (κ1) is 16.5. The molecule has 0 bridgehead atoms. The van der Waals surface area contributed by atoms with Crippen LogP contribution in [-0.4, -0.2) is 83.7 Å². The van der Waals surface area contributed by atoms with Gasteiger partial charge in [0.1, 0.15) is 0 Å². The first-order chi connectivity index (χ1) is 11.2. The maximum absolute atomic E-state index is 12.4. The Labute approximate surface area is 138 Å². The van der Waals surface area contributed by atoms with Crippen LogP contribution in [0.25, 0.3) is 0 Å². The maximum atomic E-state index is 12.4. The van der Waals surface area contributed by atoms with E-state index in [9.17, 15) is 4.79 Å². The van der Waals surface area contributed by atoms with Gasteiger partial charge in [0.2, 0.25) is 5.91 Å². The molecule has 2 aliphatic heterocycles. The number of H-pyrrole nitrogens is 1. The van der Waals surface area contributed by atoms with Gasteiger partial charge in [-0.1, -0.05) is 0 Å². The molecule has 0 unspecified atom stereocenters. The first-order valence-corrected chi connectivity index (χ1v) is 8.87. The molecule has 0 aliphatic carbocycles. The van der Waals surface area contributed by atoms with E-state index < -0.39 is 0 Å². The van der Waals surface area contributed by atoms with Crippen LogP contribution in [0.1, 0.15) is 24.8 Å². The van der Waals surface area contributed by atoms with Gasteiger partial charge in [0, 0.05) is 58.4 Å². The van der Waals surface area contributed by atoms with E-state index in [0.29, 0.717) is 18.2 Å². The number of aryl methyl sites for hydroxylation is 1. The second-order valence-electron chi connectivity index (χ2n) is 7.06. The lowest BCUT2D eigenvalue weighted by Crippen LogP contribution is -2.49. The van der Waals surface area contributed by atoms with Gasteiger partial charge in [0.05, 0.1) is 6.20 Å². The Balaban J connectivity index is 1.43. The number of nitrogens with zero attached hydrogens (tertiary/aromatic N) is 4. The summed E-state index contributed by atoms with van der Waals surface area (Å²) < 4.78 is 0. The number of aromatic nitrogens is 2. The molecule has 0 aromatic carbocycles. The number of piperidine rings is 1. The lowest BCUT2D eigenvalue weighted by atomic mass is 9.96. The number of rotatable bonds is 5.